The van der Waals surface area contributed by atoms with Crippen molar-refractivity contribution in [3.05, 3.63) is 0 Å². The second-order valence-electron chi connectivity index (χ2n) is 3.34. The Hall–Kier alpha value is 0.394. The van der Waals surface area contributed by atoms with Gasteiger partial charge in [0.1, 0.15) is 8.96 Å². The average Bonchev–Trinajstić information content (AvgIpc) is 1.60. The minimum absolute atomic E-state index is 0.258. The molecule has 0 bridgehead atoms. The highest BCUT2D eigenvalue weighted by atomic mass is 28.4. The summed E-state index contributed by atoms with van der Waals surface area (Å²) in [5, 5.41) is 0. The summed E-state index contributed by atoms with van der Waals surface area (Å²) >= 11 is 0. The molecule has 9 heavy (non-hydrogen) atoms. The quantitative estimate of drug-likeness (QED) is 0.519. The summed E-state index contributed by atoms with van der Waals surface area (Å²) in [5.74, 6) is 0. The van der Waals surface area contributed by atoms with Crippen LogP contribution in [0.5, 0.6) is 0 Å². The minimum atomic E-state index is -0.258. The van der Waals surface area contributed by atoms with E-state index in [0.717, 1.165) is 6.04 Å². The van der Waals surface area contributed by atoms with Crippen molar-refractivity contribution >= 4 is 18.5 Å². The van der Waals surface area contributed by atoms with Crippen LogP contribution in [-0.2, 0) is 0 Å². The summed E-state index contributed by atoms with van der Waals surface area (Å²) < 4.78 is 2.65. The molecule has 0 unspecified atom stereocenters. The van der Waals surface area contributed by atoms with Crippen molar-refractivity contribution in [1.29, 1.82) is 0 Å². The predicted octanol–water partition coefficient (Wildman–Crippen LogP) is 0.148. The van der Waals surface area contributed by atoms with E-state index in [1.54, 1.807) is 11.3 Å². The minimum Gasteiger partial charge on any atom is -0.327 e. The third-order valence-corrected chi connectivity index (χ3v) is 12.8. The zero-order valence-corrected chi connectivity index (χ0v) is 9.29. The molecular formula is C6H17NSi2. The normalized spacial score (nSPS) is 29.7. The number of hydrogen-bond donors (Lipinski definition) is 0. The van der Waals surface area contributed by atoms with E-state index in [1.807, 2.05) is 0 Å². The van der Waals surface area contributed by atoms with E-state index in [-0.39, 0.29) is 8.96 Å². The molecule has 0 aromatic heterocycles. The zero-order valence-electron chi connectivity index (χ0n) is 6.72. The Bertz CT molecular complexity index is 91.1. The zero-order chi connectivity index (χ0) is 6.85. The van der Waals surface area contributed by atoms with Crippen LogP contribution in [0.4, 0.5) is 0 Å². The molecule has 1 nitrogen and oxygen atoms in total. The molecule has 0 radical (unpaired) electrons. The molecule has 1 fully saturated rings. The summed E-state index contributed by atoms with van der Waals surface area (Å²) in [5.41, 5.74) is 3.41. The van der Waals surface area contributed by atoms with Crippen LogP contribution in [0.3, 0.4) is 0 Å². The van der Waals surface area contributed by atoms with Crippen molar-refractivity contribution in [3.8, 4) is 0 Å². The lowest BCUT2D eigenvalue weighted by molar-refractivity contribution is 0.429. The Labute approximate surface area is 61.9 Å². The molecular weight excluding hydrogens is 142 g/mol. The van der Waals surface area contributed by atoms with E-state index in [9.17, 15) is 0 Å². The Kier molecular flexibility index (Phi) is 2.49. The van der Waals surface area contributed by atoms with Gasteiger partial charge in [-0.3, -0.25) is 0 Å². The van der Waals surface area contributed by atoms with Crippen LogP contribution in [0.15, 0.2) is 0 Å². The SMILES string of the molecule is CC(C)N(C)[SiH]1C[SiH2]C1. The largest absolute Gasteiger partial charge is 0.327 e. The molecule has 0 spiro atoms. The molecule has 0 N–H and O–H groups in total. The maximum absolute atomic E-state index is 2.65. The standard InChI is InChI=1S/C6H17NSi2/c1-6(2)7(3)9-4-8-5-9/h6,9H,4-5,8H2,1-3H3. The van der Waals surface area contributed by atoms with Crippen molar-refractivity contribution in [1.82, 2.24) is 4.57 Å². The summed E-state index contributed by atoms with van der Waals surface area (Å²) in [6.45, 7) is 4.62. The van der Waals surface area contributed by atoms with E-state index in [4.69, 9.17) is 0 Å². The first-order chi connectivity index (χ1) is 4.22. The van der Waals surface area contributed by atoms with Gasteiger partial charge in [-0.15, -0.1) is 0 Å². The molecule has 1 rings (SSSR count). The number of rotatable bonds is 2. The van der Waals surface area contributed by atoms with Crippen LogP contribution in [0, 0.1) is 0 Å². The average molecular weight is 159 g/mol. The van der Waals surface area contributed by atoms with Crippen LogP contribution in [0.2, 0.25) is 11.3 Å². The van der Waals surface area contributed by atoms with Crippen LogP contribution >= 0.6 is 0 Å². The Morgan fingerprint density at radius 1 is 1.44 bits per heavy atom. The fourth-order valence-electron chi connectivity index (χ4n) is 1.22. The highest BCUT2D eigenvalue weighted by Gasteiger charge is 2.25. The van der Waals surface area contributed by atoms with Gasteiger partial charge in [-0.1, -0.05) is 25.2 Å². The molecule has 0 atom stereocenters. The van der Waals surface area contributed by atoms with Crippen molar-refractivity contribution in [2.75, 3.05) is 7.05 Å². The number of nitrogens with zero attached hydrogens (tertiary/aromatic N) is 1. The Balaban J connectivity index is 2.23. The first-order valence-corrected chi connectivity index (χ1v) is 8.08. The second kappa shape index (κ2) is 2.99. The van der Waals surface area contributed by atoms with Crippen LogP contribution in [0.25, 0.3) is 0 Å². The molecule has 0 aromatic rings. The second-order valence-corrected chi connectivity index (χ2v) is 10.8. The molecule has 0 aliphatic carbocycles. The third kappa shape index (κ3) is 1.66. The molecule has 0 aromatic carbocycles. The first kappa shape index (κ1) is 7.50. The molecule has 1 aliphatic rings. The van der Waals surface area contributed by atoms with Crippen LogP contribution in [0.1, 0.15) is 13.8 Å². The van der Waals surface area contributed by atoms with Crippen molar-refractivity contribution in [2.24, 2.45) is 0 Å². The van der Waals surface area contributed by atoms with E-state index >= 15 is 0 Å². The van der Waals surface area contributed by atoms with Gasteiger partial charge in [-0.2, -0.15) is 0 Å². The summed E-state index contributed by atoms with van der Waals surface area (Å²) in [7, 11) is 2.56. The monoisotopic (exact) mass is 159 g/mol. The third-order valence-electron chi connectivity index (χ3n) is 2.47. The predicted molar refractivity (Wildman–Crippen MR) is 48.2 cm³/mol. The van der Waals surface area contributed by atoms with Gasteiger partial charge in [0.15, 0.2) is 0 Å². The lowest BCUT2D eigenvalue weighted by atomic mass is 10.4. The molecule has 0 saturated carbocycles. The van der Waals surface area contributed by atoms with Crippen molar-refractivity contribution in [3.63, 3.8) is 0 Å². The topological polar surface area (TPSA) is 3.24 Å². The van der Waals surface area contributed by atoms with Crippen LogP contribution < -0.4 is 0 Å². The lowest BCUT2D eigenvalue weighted by Gasteiger charge is -2.35. The maximum atomic E-state index is 2.65. The van der Waals surface area contributed by atoms with E-state index in [0.29, 0.717) is 9.52 Å². The first-order valence-electron chi connectivity index (χ1n) is 3.93. The maximum Gasteiger partial charge on any atom is 0.105 e. The van der Waals surface area contributed by atoms with Gasteiger partial charge < -0.3 is 4.57 Å². The van der Waals surface area contributed by atoms with Crippen molar-refractivity contribution < 1.29 is 0 Å². The van der Waals surface area contributed by atoms with Gasteiger partial charge in [0.2, 0.25) is 0 Å². The van der Waals surface area contributed by atoms with Crippen LogP contribution in [-0.4, -0.2) is 36.1 Å². The molecule has 3 heteroatoms. The van der Waals surface area contributed by atoms with E-state index in [2.05, 4.69) is 25.5 Å². The fraction of sp³-hybridized carbons (Fsp3) is 1.00. The van der Waals surface area contributed by atoms with Gasteiger partial charge in [0, 0.05) is 9.52 Å². The Morgan fingerprint density at radius 2 is 2.00 bits per heavy atom. The van der Waals surface area contributed by atoms with Gasteiger partial charge in [-0.05, 0) is 13.1 Å². The lowest BCUT2D eigenvalue weighted by Crippen LogP contribution is -2.48. The van der Waals surface area contributed by atoms with Gasteiger partial charge in [-0.25, -0.2) is 0 Å². The summed E-state index contributed by atoms with van der Waals surface area (Å²) in [4.78, 5) is 0. The Morgan fingerprint density at radius 3 is 2.11 bits per heavy atom. The van der Waals surface area contributed by atoms with Crippen molar-refractivity contribution in [2.45, 2.75) is 31.2 Å². The fourth-order valence-corrected chi connectivity index (χ4v) is 8.41. The smallest absolute Gasteiger partial charge is 0.105 e. The molecule has 54 valence electrons. The van der Waals surface area contributed by atoms with Gasteiger partial charge in [0.25, 0.3) is 0 Å². The molecule has 0 amide bonds. The van der Waals surface area contributed by atoms with E-state index < -0.39 is 0 Å². The number of hydrogen-bond acceptors (Lipinski definition) is 1. The van der Waals surface area contributed by atoms with E-state index in [1.165, 1.54) is 0 Å². The molecule has 1 saturated heterocycles. The highest BCUT2D eigenvalue weighted by molar-refractivity contribution is 6.84. The highest BCUT2D eigenvalue weighted by Crippen LogP contribution is 2.15. The molecule has 1 aliphatic heterocycles. The summed E-state index contributed by atoms with van der Waals surface area (Å²) in [6, 6.07) is 0.816. The molecule has 1 heterocycles. The summed E-state index contributed by atoms with van der Waals surface area (Å²) in [6.07, 6.45) is 0. The van der Waals surface area contributed by atoms with Gasteiger partial charge in [0.05, 0.1) is 0 Å². The van der Waals surface area contributed by atoms with Gasteiger partial charge >= 0.3 is 0 Å².